The Balaban J connectivity index is 2.77. The molecule has 1 heterocycles. The summed E-state index contributed by atoms with van der Waals surface area (Å²) in [4.78, 5) is 0. The van der Waals surface area contributed by atoms with Gasteiger partial charge in [0, 0.05) is 13.5 Å². The van der Waals surface area contributed by atoms with Gasteiger partial charge in [0.2, 0.25) is 0 Å². The fourth-order valence-electron chi connectivity index (χ4n) is 2.09. The lowest BCUT2D eigenvalue weighted by atomic mass is 9.96. The molecule has 0 aliphatic heterocycles. The highest BCUT2D eigenvalue weighted by Gasteiger charge is 2.20. The van der Waals surface area contributed by atoms with Crippen molar-refractivity contribution in [1.29, 1.82) is 0 Å². The molecule has 0 fully saturated rings. The number of hydrogen-bond donors (Lipinski definition) is 1. The molecule has 0 aliphatic rings. The summed E-state index contributed by atoms with van der Waals surface area (Å²) in [6, 6.07) is 0. The first-order valence-electron chi connectivity index (χ1n) is 6.39. The van der Waals surface area contributed by atoms with E-state index in [0.717, 1.165) is 35.7 Å². The lowest BCUT2D eigenvalue weighted by molar-refractivity contribution is 0.110. The number of halogens is 1. The van der Waals surface area contributed by atoms with Crippen LogP contribution in [-0.2, 0) is 19.9 Å². The minimum atomic E-state index is -0.340. The normalized spacial score (nSPS) is 14.9. The van der Waals surface area contributed by atoms with E-state index in [1.807, 2.05) is 14.0 Å². The Morgan fingerprint density at radius 1 is 1.41 bits per heavy atom. The highest BCUT2D eigenvalue weighted by atomic mass is 35.5. The van der Waals surface area contributed by atoms with E-state index >= 15 is 0 Å². The second-order valence-electron chi connectivity index (χ2n) is 4.72. The molecule has 0 bridgehead atoms. The molecule has 2 unspecified atom stereocenters. The van der Waals surface area contributed by atoms with Gasteiger partial charge in [-0.25, -0.2) is 0 Å². The molecule has 98 valence electrons. The fraction of sp³-hybridized carbons (Fsp3) is 0.769. The lowest BCUT2D eigenvalue weighted by Gasteiger charge is -2.18. The van der Waals surface area contributed by atoms with Crippen LogP contribution in [0.25, 0.3) is 0 Å². The molecule has 2 atom stereocenters. The maximum atomic E-state index is 10.1. The van der Waals surface area contributed by atoms with Crippen molar-refractivity contribution in [3.63, 3.8) is 0 Å². The van der Waals surface area contributed by atoms with Crippen molar-refractivity contribution < 1.29 is 5.11 Å². The van der Waals surface area contributed by atoms with Crippen LogP contribution in [0, 0.1) is 5.92 Å². The molecular weight excluding hydrogens is 236 g/mol. The van der Waals surface area contributed by atoms with Crippen molar-refractivity contribution >= 4 is 11.6 Å². The standard InChI is InChI=1S/C13H23ClN2O/c1-5-7-9(3)12(17)8-11-13(14)10(6-2)15-16(11)4/h9,12,17H,5-8H2,1-4H3. The van der Waals surface area contributed by atoms with Crippen LogP contribution < -0.4 is 0 Å². The number of rotatable bonds is 6. The summed E-state index contributed by atoms with van der Waals surface area (Å²) in [7, 11) is 1.89. The smallest absolute Gasteiger partial charge is 0.0850 e. The van der Waals surface area contributed by atoms with E-state index < -0.39 is 0 Å². The SMILES string of the molecule is CCCC(C)C(O)Cc1c(Cl)c(CC)nn1C. The summed E-state index contributed by atoms with van der Waals surface area (Å²) in [6.07, 6.45) is 3.21. The molecule has 1 aromatic rings. The molecule has 0 radical (unpaired) electrons. The van der Waals surface area contributed by atoms with Gasteiger partial charge in [0.1, 0.15) is 0 Å². The minimum Gasteiger partial charge on any atom is -0.392 e. The zero-order valence-electron chi connectivity index (χ0n) is 11.2. The van der Waals surface area contributed by atoms with Gasteiger partial charge in [-0.1, -0.05) is 38.8 Å². The molecule has 0 amide bonds. The molecular formula is C13H23ClN2O. The van der Waals surface area contributed by atoms with Gasteiger partial charge in [-0.15, -0.1) is 0 Å². The Kier molecular flexibility index (Phi) is 5.47. The first kappa shape index (κ1) is 14.5. The van der Waals surface area contributed by atoms with E-state index in [1.165, 1.54) is 0 Å². The Labute approximate surface area is 109 Å². The maximum Gasteiger partial charge on any atom is 0.0850 e. The number of aliphatic hydroxyl groups is 1. The van der Waals surface area contributed by atoms with Crippen LogP contribution in [0.15, 0.2) is 0 Å². The number of aromatic nitrogens is 2. The Morgan fingerprint density at radius 3 is 2.53 bits per heavy atom. The molecule has 0 saturated carbocycles. The second kappa shape index (κ2) is 6.41. The molecule has 0 aromatic carbocycles. The third-order valence-corrected chi connectivity index (χ3v) is 3.74. The fourth-order valence-corrected chi connectivity index (χ4v) is 2.46. The van der Waals surface area contributed by atoms with E-state index in [-0.39, 0.29) is 6.10 Å². The van der Waals surface area contributed by atoms with Gasteiger partial charge in [0.15, 0.2) is 0 Å². The zero-order valence-corrected chi connectivity index (χ0v) is 12.0. The van der Waals surface area contributed by atoms with Crippen LogP contribution >= 0.6 is 11.6 Å². The van der Waals surface area contributed by atoms with Crippen LogP contribution in [0.3, 0.4) is 0 Å². The largest absolute Gasteiger partial charge is 0.392 e. The Morgan fingerprint density at radius 2 is 2.06 bits per heavy atom. The van der Waals surface area contributed by atoms with Crippen LogP contribution in [0.4, 0.5) is 0 Å². The van der Waals surface area contributed by atoms with Crippen LogP contribution in [0.2, 0.25) is 5.02 Å². The molecule has 0 saturated heterocycles. The number of aryl methyl sites for hydroxylation is 2. The summed E-state index contributed by atoms with van der Waals surface area (Å²) in [5.41, 5.74) is 1.86. The Bertz CT molecular complexity index is 363. The lowest BCUT2D eigenvalue weighted by Crippen LogP contribution is -2.21. The Hall–Kier alpha value is -0.540. The summed E-state index contributed by atoms with van der Waals surface area (Å²) in [5, 5.41) is 15.2. The predicted molar refractivity (Wildman–Crippen MR) is 71.4 cm³/mol. The van der Waals surface area contributed by atoms with Crippen LogP contribution in [0.5, 0.6) is 0 Å². The van der Waals surface area contributed by atoms with Crippen LogP contribution in [0.1, 0.15) is 45.0 Å². The van der Waals surface area contributed by atoms with Gasteiger partial charge in [0.25, 0.3) is 0 Å². The third-order valence-electron chi connectivity index (χ3n) is 3.31. The molecule has 1 rings (SSSR count). The second-order valence-corrected chi connectivity index (χ2v) is 5.10. The van der Waals surface area contributed by atoms with Crippen LogP contribution in [-0.4, -0.2) is 21.0 Å². The van der Waals surface area contributed by atoms with E-state index in [0.29, 0.717) is 12.3 Å². The van der Waals surface area contributed by atoms with Crippen molar-refractivity contribution in [3.8, 4) is 0 Å². The first-order valence-corrected chi connectivity index (χ1v) is 6.77. The monoisotopic (exact) mass is 258 g/mol. The number of nitrogens with zero attached hydrogens (tertiary/aromatic N) is 2. The van der Waals surface area contributed by atoms with Crippen molar-refractivity contribution in [3.05, 3.63) is 16.4 Å². The summed E-state index contributed by atoms with van der Waals surface area (Å²) in [6.45, 7) is 6.25. The van der Waals surface area contributed by atoms with Gasteiger partial charge < -0.3 is 5.11 Å². The summed E-state index contributed by atoms with van der Waals surface area (Å²) in [5.74, 6) is 0.302. The molecule has 1 N–H and O–H groups in total. The zero-order chi connectivity index (χ0) is 13.0. The van der Waals surface area contributed by atoms with Gasteiger partial charge in [-0.2, -0.15) is 5.10 Å². The average molecular weight is 259 g/mol. The number of aliphatic hydroxyl groups excluding tert-OH is 1. The molecule has 0 aliphatic carbocycles. The van der Waals surface area contributed by atoms with Crippen molar-refractivity contribution in [2.24, 2.45) is 13.0 Å². The van der Waals surface area contributed by atoms with E-state index in [2.05, 4.69) is 18.9 Å². The van der Waals surface area contributed by atoms with Gasteiger partial charge in [-0.3, -0.25) is 4.68 Å². The summed E-state index contributed by atoms with van der Waals surface area (Å²) < 4.78 is 1.79. The molecule has 4 heteroatoms. The van der Waals surface area contributed by atoms with E-state index in [1.54, 1.807) is 4.68 Å². The predicted octanol–water partition coefficient (Wildman–Crippen LogP) is 2.98. The highest BCUT2D eigenvalue weighted by molar-refractivity contribution is 6.31. The average Bonchev–Trinajstić information content (AvgIpc) is 2.56. The quantitative estimate of drug-likeness (QED) is 0.852. The molecule has 0 spiro atoms. The maximum absolute atomic E-state index is 10.1. The molecule has 3 nitrogen and oxygen atoms in total. The molecule has 1 aromatic heterocycles. The van der Waals surface area contributed by atoms with Crippen molar-refractivity contribution in [1.82, 2.24) is 9.78 Å². The third kappa shape index (κ3) is 3.46. The van der Waals surface area contributed by atoms with Crippen molar-refractivity contribution in [2.75, 3.05) is 0 Å². The first-order chi connectivity index (χ1) is 8.01. The minimum absolute atomic E-state index is 0.302. The summed E-state index contributed by atoms with van der Waals surface area (Å²) >= 11 is 6.26. The highest BCUT2D eigenvalue weighted by Crippen LogP contribution is 2.24. The van der Waals surface area contributed by atoms with E-state index in [4.69, 9.17) is 11.6 Å². The van der Waals surface area contributed by atoms with Gasteiger partial charge >= 0.3 is 0 Å². The van der Waals surface area contributed by atoms with Gasteiger partial charge in [0.05, 0.1) is 22.5 Å². The van der Waals surface area contributed by atoms with Gasteiger partial charge in [-0.05, 0) is 18.8 Å². The topological polar surface area (TPSA) is 38.1 Å². The van der Waals surface area contributed by atoms with E-state index in [9.17, 15) is 5.11 Å². The molecule has 17 heavy (non-hydrogen) atoms. The number of hydrogen-bond acceptors (Lipinski definition) is 2. The van der Waals surface area contributed by atoms with Crippen molar-refractivity contribution in [2.45, 2.75) is 52.6 Å².